The molecule has 49 heavy (non-hydrogen) atoms. The van der Waals surface area contributed by atoms with Gasteiger partial charge in [-0.2, -0.15) is 0 Å². The molecule has 4 nitrogen and oxygen atoms in total. The summed E-state index contributed by atoms with van der Waals surface area (Å²) in [7, 11) is 0. The number of rotatable bonds is 24. The first-order chi connectivity index (χ1) is 24.1. The Morgan fingerprint density at radius 3 is 1.82 bits per heavy atom. The van der Waals surface area contributed by atoms with Crippen LogP contribution in [0.4, 0.5) is 0 Å². The van der Waals surface area contributed by atoms with Crippen molar-refractivity contribution in [2.75, 3.05) is 6.61 Å². The minimum Gasteiger partial charge on any atom is -0.492 e. The quantitative estimate of drug-likeness (QED) is 0.0369. The van der Waals surface area contributed by atoms with E-state index >= 15 is 0 Å². The minimum absolute atomic E-state index is 0.154. The number of ether oxygens (including phenoxy) is 1. The van der Waals surface area contributed by atoms with Crippen molar-refractivity contribution >= 4 is 53.1 Å². The molecule has 1 atom stereocenters. The van der Waals surface area contributed by atoms with Gasteiger partial charge in [0, 0.05) is 27.4 Å². The zero-order valence-electron chi connectivity index (χ0n) is 30.8. The molecule has 0 aliphatic heterocycles. The van der Waals surface area contributed by atoms with Gasteiger partial charge in [0.2, 0.25) is 0 Å². The lowest BCUT2D eigenvalue weighted by Crippen LogP contribution is -2.33. The van der Waals surface area contributed by atoms with Crippen molar-refractivity contribution in [2.24, 2.45) is 5.92 Å². The second kappa shape index (κ2) is 19.5. The number of hydrogen-bond acceptors (Lipinski definition) is 4. The number of hydrogen-bond donors (Lipinski definition) is 0. The first-order valence-corrected chi connectivity index (χ1v) is 20.8. The van der Waals surface area contributed by atoms with Crippen LogP contribution < -0.4 is 15.9 Å². The van der Waals surface area contributed by atoms with Crippen LogP contribution in [0, 0.1) is 5.92 Å². The summed E-state index contributed by atoms with van der Waals surface area (Å²) in [6, 6.07) is 14.4. The van der Waals surface area contributed by atoms with Crippen LogP contribution in [0.15, 0.2) is 52.1 Å². The summed E-state index contributed by atoms with van der Waals surface area (Å²) >= 11 is 1.71. The van der Waals surface area contributed by atoms with Crippen molar-refractivity contribution in [1.29, 1.82) is 0 Å². The van der Waals surface area contributed by atoms with Gasteiger partial charge in [-0.05, 0) is 47.7 Å². The van der Waals surface area contributed by atoms with Crippen molar-refractivity contribution in [3.05, 3.63) is 63.2 Å². The lowest BCUT2D eigenvalue weighted by molar-refractivity contribution is 0.236. The Kier molecular flexibility index (Phi) is 14.8. The van der Waals surface area contributed by atoms with Gasteiger partial charge in [0.1, 0.15) is 5.75 Å². The molecule has 0 saturated heterocycles. The summed E-state index contributed by atoms with van der Waals surface area (Å²) in [5.74, 6) is 1.26. The lowest BCUT2D eigenvalue weighted by Gasteiger charge is -2.19. The Morgan fingerprint density at radius 1 is 0.612 bits per heavy atom. The Balaban J connectivity index is 1.24. The molecule has 2 heterocycles. The second-order valence-corrected chi connectivity index (χ2v) is 15.6. The standard InChI is InChI=1S/C44H61NO3S/c1-4-7-9-10-11-12-13-14-15-16-17-18-19-20-21-24-30-45-43(46)36-29-28-35-34-26-22-23-27-39(34)49-42-38(48-32-33(6-3)25-8-5-2)31-37(44(45)47)40(36)41(35)42/h22-23,26-29,31,33H,4-21,24-25,30,32H2,1-3H3. The van der Waals surface area contributed by atoms with E-state index in [-0.39, 0.29) is 11.1 Å². The van der Waals surface area contributed by atoms with E-state index in [1.165, 1.54) is 106 Å². The molecular weight excluding hydrogens is 623 g/mol. The van der Waals surface area contributed by atoms with Crippen molar-refractivity contribution in [3.63, 3.8) is 0 Å². The maximum absolute atomic E-state index is 14.1. The van der Waals surface area contributed by atoms with E-state index in [2.05, 4.69) is 51.1 Å². The van der Waals surface area contributed by atoms with E-state index in [1.54, 1.807) is 11.3 Å². The molecule has 2 aromatic heterocycles. The second-order valence-electron chi connectivity index (χ2n) is 14.6. The van der Waals surface area contributed by atoms with Gasteiger partial charge in [-0.15, -0.1) is 11.3 Å². The van der Waals surface area contributed by atoms with Crippen LogP contribution in [0.25, 0.3) is 41.7 Å². The molecule has 5 rings (SSSR count). The fourth-order valence-corrected chi connectivity index (χ4v) is 8.88. The van der Waals surface area contributed by atoms with E-state index in [0.29, 0.717) is 29.8 Å². The fraction of sp³-hybridized carbons (Fsp3) is 0.591. The van der Waals surface area contributed by atoms with Crippen LogP contribution in [-0.4, -0.2) is 11.2 Å². The van der Waals surface area contributed by atoms with Crippen LogP contribution in [-0.2, 0) is 6.54 Å². The van der Waals surface area contributed by atoms with Crippen molar-refractivity contribution in [3.8, 4) is 5.75 Å². The Bertz CT molecular complexity index is 1850. The Hall–Kier alpha value is -2.92. The summed E-state index contributed by atoms with van der Waals surface area (Å²) in [5.41, 5.74) is -0.326. The average Bonchev–Trinajstić information content (AvgIpc) is 3.12. The van der Waals surface area contributed by atoms with E-state index in [4.69, 9.17) is 4.74 Å². The highest BCUT2D eigenvalue weighted by atomic mass is 32.1. The summed E-state index contributed by atoms with van der Waals surface area (Å²) in [4.78, 5) is 28.0. The van der Waals surface area contributed by atoms with Gasteiger partial charge >= 0.3 is 0 Å². The molecular formula is C44H61NO3S. The average molecular weight is 684 g/mol. The predicted molar refractivity (Wildman–Crippen MR) is 214 cm³/mol. The van der Waals surface area contributed by atoms with Crippen molar-refractivity contribution < 1.29 is 4.74 Å². The summed E-state index contributed by atoms with van der Waals surface area (Å²) in [5, 5.41) is 5.30. The molecule has 0 aliphatic carbocycles. The largest absolute Gasteiger partial charge is 0.492 e. The lowest BCUT2D eigenvalue weighted by atomic mass is 9.97. The van der Waals surface area contributed by atoms with Gasteiger partial charge in [0.15, 0.2) is 0 Å². The monoisotopic (exact) mass is 683 g/mol. The van der Waals surface area contributed by atoms with Crippen LogP contribution in [0.1, 0.15) is 149 Å². The predicted octanol–water partition coefficient (Wildman–Crippen LogP) is 13.2. The number of unbranched alkanes of at least 4 members (excludes halogenated alkanes) is 16. The van der Waals surface area contributed by atoms with Crippen molar-refractivity contribution in [2.45, 2.75) is 156 Å². The van der Waals surface area contributed by atoms with Gasteiger partial charge in [-0.1, -0.05) is 161 Å². The molecule has 0 aliphatic rings. The maximum Gasteiger partial charge on any atom is 0.261 e. The van der Waals surface area contributed by atoms with E-state index in [9.17, 15) is 9.59 Å². The first kappa shape index (κ1) is 37.3. The topological polar surface area (TPSA) is 48.3 Å². The third-order valence-electron chi connectivity index (χ3n) is 10.8. The number of nitrogens with zero attached hydrogens (tertiary/aromatic N) is 1. The molecule has 0 bridgehead atoms. The molecule has 266 valence electrons. The molecule has 0 saturated carbocycles. The molecule has 0 radical (unpaired) electrons. The third kappa shape index (κ3) is 9.45. The molecule has 0 spiro atoms. The normalized spacial score (nSPS) is 12.6. The van der Waals surface area contributed by atoms with Crippen LogP contribution in [0.3, 0.4) is 0 Å². The van der Waals surface area contributed by atoms with Crippen molar-refractivity contribution in [1.82, 2.24) is 4.57 Å². The highest BCUT2D eigenvalue weighted by Crippen LogP contribution is 2.44. The minimum atomic E-state index is -0.172. The maximum atomic E-state index is 14.1. The van der Waals surface area contributed by atoms with Gasteiger partial charge in [0.25, 0.3) is 11.1 Å². The molecule has 0 amide bonds. The number of pyridine rings is 1. The zero-order valence-corrected chi connectivity index (χ0v) is 31.6. The van der Waals surface area contributed by atoms with E-state index in [0.717, 1.165) is 64.1 Å². The molecule has 0 fully saturated rings. The summed E-state index contributed by atoms with van der Waals surface area (Å²) in [6.45, 7) is 7.87. The fourth-order valence-electron chi connectivity index (χ4n) is 7.69. The molecule has 3 aromatic carbocycles. The van der Waals surface area contributed by atoms with E-state index < -0.39 is 0 Å². The van der Waals surface area contributed by atoms with Gasteiger partial charge in [-0.25, -0.2) is 0 Å². The van der Waals surface area contributed by atoms with Crippen LogP contribution >= 0.6 is 11.3 Å². The molecule has 5 heteroatoms. The Morgan fingerprint density at radius 2 is 1.18 bits per heavy atom. The molecule has 1 unspecified atom stereocenters. The molecule has 5 aromatic rings. The first-order valence-electron chi connectivity index (χ1n) is 20.0. The SMILES string of the molecule is CCCCCCCCCCCCCCCCCCn1c(=O)c2ccc3c4ccccc4sc4c(OCC(CC)CCCC)cc(c1=O)c2c43. The number of fused-ring (bicyclic) bond motifs is 2. The smallest absolute Gasteiger partial charge is 0.261 e. The third-order valence-corrected chi connectivity index (χ3v) is 12.0. The summed E-state index contributed by atoms with van der Waals surface area (Å²) < 4.78 is 10.3. The van der Waals surface area contributed by atoms with Gasteiger partial charge < -0.3 is 4.74 Å². The van der Waals surface area contributed by atoms with Crippen LogP contribution in [0.5, 0.6) is 5.75 Å². The molecule has 0 N–H and O–H groups in total. The van der Waals surface area contributed by atoms with Crippen LogP contribution in [0.2, 0.25) is 0 Å². The highest BCUT2D eigenvalue weighted by molar-refractivity contribution is 7.25. The highest BCUT2D eigenvalue weighted by Gasteiger charge is 2.22. The Labute approximate surface area is 298 Å². The van der Waals surface area contributed by atoms with Gasteiger partial charge in [0.05, 0.1) is 16.7 Å². The zero-order chi connectivity index (χ0) is 34.4. The number of aromatic nitrogens is 1. The number of benzene rings is 3. The van der Waals surface area contributed by atoms with Gasteiger partial charge in [-0.3, -0.25) is 14.2 Å². The van der Waals surface area contributed by atoms with E-state index in [1.807, 2.05) is 12.1 Å². The summed E-state index contributed by atoms with van der Waals surface area (Å²) in [6.07, 6.45) is 25.4.